The van der Waals surface area contributed by atoms with Crippen LogP contribution in [0.2, 0.25) is 0 Å². The van der Waals surface area contributed by atoms with Crippen LogP contribution in [0.15, 0.2) is 60.0 Å². The Hall–Kier alpha value is -1.93. The Morgan fingerprint density at radius 2 is 1.79 bits per heavy atom. The lowest BCUT2D eigenvalue weighted by atomic mass is 9.63. The quantitative estimate of drug-likeness (QED) is 0.233. The van der Waals surface area contributed by atoms with Crippen LogP contribution in [0.1, 0.15) is 115 Å². The van der Waals surface area contributed by atoms with Gasteiger partial charge in [-0.1, -0.05) is 96.0 Å². The van der Waals surface area contributed by atoms with Gasteiger partial charge in [0.2, 0.25) is 0 Å². The van der Waals surface area contributed by atoms with Crippen molar-refractivity contribution in [3.63, 3.8) is 0 Å². The molecule has 1 nitrogen and oxygen atoms in total. The average molecular weight is 476 g/mol. The molecule has 1 aromatic carbocycles. The summed E-state index contributed by atoms with van der Waals surface area (Å²) in [6, 6.07) is 7.13. The first kappa shape index (κ1) is 26.7. The lowest BCUT2D eigenvalue weighted by Crippen LogP contribution is -2.33. The van der Waals surface area contributed by atoms with Crippen LogP contribution in [0.3, 0.4) is 0 Å². The molecule has 0 saturated heterocycles. The van der Waals surface area contributed by atoms with Gasteiger partial charge in [-0.3, -0.25) is 0 Å². The number of hydrogen-bond donors (Lipinski definition) is 0. The maximum atomic E-state index is 5.18. The zero-order valence-corrected chi connectivity index (χ0v) is 23.2. The minimum atomic E-state index is 0.233. The maximum Gasteiger partial charge on any atom is 0.0963 e. The van der Waals surface area contributed by atoms with Crippen LogP contribution in [0.5, 0.6) is 0 Å². The highest BCUT2D eigenvalue weighted by atomic mass is 32.1. The molecule has 0 amide bonds. The second-order valence-electron chi connectivity index (χ2n) is 11.4. The van der Waals surface area contributed by atoms with Crippen molar-refractivity contribution in [1.82, 2.24) is 4.98 Å². The van der Waals surface area contributed by atoms with Crippen molar-refractivity contribution < 1.29 is 0 Å². The summed E-state index contributed by atoms with van der Waals surface area (Å²) in [5.41, 5.74) is 7.20. The zero-order chi connectivity index (χ0) is 24.8. The number of hydrogen-bond acceptors (Lipinski definition) is 2. The van der Waals surface area contributed by atoms with E-state index in [4.69, 9.17) is 4.98 Å². The second-order valence-corrected chi connectivity index (χ2v) is 12.3. The van der Waals surface area contributed by atoms with Gasteiger partial charge in [-0.25, -0.2) is 4.98 Å². The highest BCUT2D eigenvalue weighted by Crippen LogP contribution is 2.47. The van der Waals surface area contributed by atoms with Crippen molar-refractivity contribution in [3.8, 4) is 11.3 Å². The van der Waals surface area contributed by atoms with E-state index in [1.807, 2.05) is 24.3 Å². The molecule has 1 heterocycles. The molecule has 1 aliphatic carbocycles. The predicted octanol–water partition coefficient (Wildman–Crippen LogP) is 10.3. The molecule has 0 aliphatic heterocycles. The third kappa shape index (κ3) is 6.60. The zero-order valence-electron chi connectivity index (χ0n) is 22.4. The van der Waals surface area contributed by atoms with Crippen LogP contribution in [0.4, 0.5) is 0 Å². The number of rotatable bonds is 11. The first-order valence-electron chi connectivity index (χ1n) is 13.3. The molecule has 2 aromatic rings. The van der Waals surface area contributed by atoms with E-state index in [1.165, 1.54) is 72.2 Å². The maximum absolute atomic E-state index is 5.18. The van der Waals surface area contributed by atoms with E-state index >= 15 is 0 Å². The molecule has 0 spiro atoms. The van der Waals surface area contributed by atoms with Crippen LogP contribution in [-0.4, -0.2) is 4.98 Å². The highest BCUT2D eigenvalue weighted by Gasteiger charge is 2.37. The number of nitrogens with zero attached hydrogens (tertiary/aromatic N) is 1. The molecule has 1 aromatic heterocycles. The molecule has 1 aliphatic rings. The molecule has 3 rings (SSSR count). The Labute approximate surface area is 213 Å². The highest BCUT2D eigenvalue weighted by molar-refractivity contribution is 7.10. The third-order valence-electron chi connectivity index (χ3n) is 7.59. The number of benzene rings is 1. The largest absolute Gasteiger partial charge is 0.241 e. The Bertz CT molecular complexity index is 1020. The minimum absolute atomic E-state index is 0.233. The van der Waals surface area contributed by atoms with Crippen molar-refractivity contribution in [2.75, 3.05) is 0 Å². The first-order chi connectivity index (χ1) is 16.2. The van der Waals surface area contributed by atoms with Crippen molar-refractivity contribution in [2.45, 2.75) is 110 Å². The van der Waals surface area contributed by atoms with Gasteiger partial charge >= 0.3 is 0 Å². The molecule has 0 radical (unpaired) electrons. The van der Waals surface area contributed by atoms with Gasteiger partial charge < -0.3 is 0 Å². The Morgan fingerprint density at radius 3 is 2.50 bits per heavy atom. The van der Waals surface area contributed by atoms with Crippen molar-refractivity contribution >= 4 is 11.3 Å². The molecule has 1 atom stereocenters. The van der Waals surface area contributed by atoms with Gasteiger partial charge in [0.05, 0.1) is 10.7 Å². The summed E-state index contributed by atoms with van der Waals surface area (Å²) in [4.78, 5) is 5.18. The van der Waals surface area contributed by atoms with Gasteiger partial charge in [0.15, 0.2) is 0 Å². The number of fused-ring (bicyclic) bond motifs is 1. The van der Waals surface area contributed by atoms with E-state index < -0.39 is 0 Å². The van der Waals surface area contributed by atoms with Gasteiger partial charge in [0.1, 0.15) is 0 Å². The van der Waals surface area contributed by atoms with Gasteiger partial charge in [-0.2, -0.15) is 0 Å². The third-order valence-corrected chi connectivity index (χ3v) is 8.60. The fraction of sp³-hybridized carbons (Fsp3) is 0.531. The van der Waals surface area contributed by atoms with E-state index in [0.29, 0.717) is 5.92 Å². The Kier molecular flexibility index (Phi) is 9.15. The van der Waals surface area contributed by atoms with Gasteiger partial charge in [-0.15, -0.1) is 11.3 Å². The van der Waals surface area contributed by atoms with Crippen LogP contribution in [0.25, 0.3) is 11.3 Å². The van der Waals surface area contributed by atoms with E-state index in [1.54, 1.807) is 0 Å². The SMILES string of the molecule is C=C(/C=C\C=C/C)CCCCC(CCC)c1nc(-c2ccc3c(c2)C(C)(C)CCC3(C)C)cs1. The lowest BCUT2D eigenvalue weighted by molar-refractivity contribution is 0.332. The van der Waals surface area contributed by atoms with Gasteiger partial charge in [-0.05, 0) is 73.5 Å². The second kappa shape index (κ2) is 11.7. The minimum Gasteiger partial charge on any atom is -0.241 e. The molecular weight excluding hydrogens is 430 g/mol. The summed E-state index contributed by atoms with van der Waals surface area (Å²) in [7, 11) is 0. The summed E-state index contributed by atoms with van der Waals surface area (Å²) in [6.07, 6.45) is 18.0. The van der Waals surface area contributed by atoms with Crippen molar-refractivity contribution in [3.05, 3.63) is 76.2 Å². The Morgan fingerprint density at radius 1 is 1.06 bits per heavy atom. The normalized spacial score (nSPS) is 17.8. The molecule has 1 unspecified atom stereocenters. The van der Waals surface area contributed by atoms with Crippen LogP contribution in [0, 0.1) is 0 Å². The molecule has 184 valence electrons. The van der Waals surface area contributed by atoms with Gasteiger partial charge in [0, 0.05) is 16.9 Å². The number of aromatic nitrogens is 1. The van der Waals surface area contributed by atoms with Crippen LogP contribution in [-0.2, 0) is 10.8 Å². The van der Waals surface area contributed by atoms with E-state index in [-0.39, 0.29) is 10.8 Å². The first-order valence-corrected chi connectivity index (χ1v) is 14.1. The molecule has 34 heavy (non-hydrogen) atoms. The fourth-order valence-corrected chi connectivity index (χ4v) is 6.22. The topological polar surface area (TPSA) is 12.9 Å². The van der Waals surface area contributed by atoms with E-state index in [9.17, 15) is 0 Å². The van der Waals surface area contributed by atoms with E-state index in [0.717, 1.165) is 12.1 Å². The molecule has 0 saturated carbocycles. The summed E-state index contributed by atoms with van der Waals surface area (Å²) >= 11 is 1.86. The Balaban J connectivity index is 1.69. The van der Waals surface area contributed by atoms with Gasteiger partial charge in [0.25, 0.3) is 0 Å². The van der Waals surface area contributed by atoms with E-state index in [2.05, 4.69) is 83.0 Å². The monoisotopic (exact) mass is 475 g/mol. The predicted molar refractivity (Wildman–Crippen MR) is 152 cm³/mol. The summed E-state index contributed by atoms with van der Waals surface area (Å²) < 4.78 is 0. The van der Waals surface area contributed by atoms with Crippen LogP contribution >= 0.6 is 11.3 Å². The fourth-order valence-electron chi connectivity index (χ4n) is 5.22. The number of thiazole rings is 1. The number of unbranched alkanes of at least 4 members (excludes halogenated alkanes) is 1. The molecule has 2 heteroatoms. The lowest BCUT2D eigenvalue weighted by Gasteiger charge is -2.42. The summed E-state index contributed by atoms with van der Waals surface area (Å²) in [5.74, 6) is 0.573. The van der Waals surface area contributed by atoms with Crippen molar-refractivity contribution in [2.24, 2.45) is 0 Å². The van der Waals surface area contributed by atoms with Crippen molar-refractivity contribution in [1.29, 1.82) is 0 Å². The smallest absolute Gasteiger partial charge is 0.0963 e. The van der Waals surface area contributed by atoms with Crippen LogP contribution < -0.4 is 0 Å². The molecule has 0 fully saturated rings. The molecule has 0 bridgehead atoms. The molecular formula is C32H45NS. The average Bonchev–Trinajstić information content (AvgIpc) is 3.29. The number of allylic oxidation sites excluding steroid dienone is 5. The molecule has 0 N–H and O–H groups in total. The summed E-state index contributed by atoms with van der Waals surface area (Å²) in [6.45, 7) is 18.1. The standard InChI is InChI=1S/C32H45NS/c1-8-10-11-15-24(3)16-12-13-17-25(14-9-2)30-33-29(23-34-30)26-18-19-27-28(22-26)32(6,7)21-20-31(27,4)5/h8,10-11,15,18-19,22-23,25H,3,9,12-14,16-17,20-21H2,1-2,4-7H3/b10-8-,15-11-. The summed E-state index contributed by atoms with van der Waals surface area (Å²) in [5, 5.41) is 3.61.